The molecule has 0 bridgehead atoms. The summed E-state index contributed by atoms with van der Waals surface area (Å²) in [6, 6.07) is 1.83. The van der Waals surface area contributed by atoms with Crippen LogP contribution in [0.2, 0.25) is 0 Å². The van der Waals surface area contributed by atoms with Gasteiger partial charge in [-0.05, 0) is 0 Å². The van der Waals surface area contributed by atoms with Crippen molar-refractivity contribution in [1.82, 2.24) is 20.2 Å². The Balaban J connectivity index is 1.91. The average molecular weight is 464 g/mol. The normalized spacial score (nSPS) is 14.7. The van der Waals surface area contributed by atoms with Gasteiger partial charge in [0.15, 0.2) is 14.9 Å². The lowest BCUT2D eigenvalue weighted by molar-refractivity contribution is -0.0438. The first-order chi connectivity index (χ1) is 13.9. The van der Waals surface area contributed by atoms with Crippen molar-refractivity contribution in [1.29, 1.82) is 0 Å². The molecule has 0 aliphatic carbocycles. The summed E-state index contributed by atoms with van der Waals surface area (Å²) in [5.41, 5.74) is -6.05. The second-order valence-corrected chi connectivity index (χ2v) is 10.3. The fourth-order valence-corrected chi connectivity index (χ4v) is 4.38. The summed E-state index contributed by atoms with van der Waals surface area (Å²) in [6.07, 6.45) is 0.406. The van der Waals surface area contributed by atoms with Crippen molar-refractivity contribution in [3.05, 3.63) is 17.8 Å². The zero-order chi connectivity index (χ0) is 21.9. The molecule has 160 valence electrons. The molecule has 15 heteroatoms. The van der Waals surface area contributed by atoms with Crippen LogP contribution in [0.15, 0.2) is 26.5 Å². The van der Waals surface area contributed by atoms with E-state index in [1.165, 1.54) is 13.0 Å². The Labute approximate surface area is 166 Å². The van der Waals surface area contributed by atoms with Gasteiger partial charge in [0.2, 0.25) is 5.89 Å². The summed E-state index contributed by atoms with van der Waals surface area (Å²) in [5.74, 6) is -0.336. The number of oxazole rings is 1. The Morgan fingerprint density at radius 1 is 1.10 bits per heavy atom. The Kier molecular flexibility index (Phi) is 4.50. The van der Waals surface area contributed by atoms with Gasteiger partial charge >= 0.3 is 5.51 Å². The number of ether oxygens (including phenoxy) is 1. The number of alkyl halides is 3. The van der Waals surface area contributed by atoms with Gasteiger partial charge in [-0.25, -0.2) is 26.8 Å². The van der Waals surface area contributed by atoms with Gasteiger partial charge in [0, 0.05) is 18.6 Å². The van der Waals surface area contributed by atoms with E-state index in [0.717, 1.165) is 0 Å². The first-order valence-electron chi connectivity index (χ1n) is 8.29. The molecule has 0 fully saturated rings. The largest absolute Gasteiger partial charge is 0.503 e. The number of hydrogen-bond acceptors (Lipinski definition) is 10. The van der Waals surface area contributed by atoms with Crippen molar-refractivity contribution in [3.8, 4) is 17.3 Å². The van der Waals surface area contributed by atoms with Crippen LogP contribution in [-0.4, -0.2) is 54.9 Å². The molecule has 0 aromatic carbocycles. The Bertz CT molecular complexity index is 1380. The molecule has 0 spiro atoms. The molecule has 0 N–H and O–H groups in total. The average Bonchev–Trinajstić information content (AvgIpc) is 3.31. The van der Waals surface area contributed by atoms with Crippen LogP contribution in [0.5, 0.6) is 5.75 Å². The SMILES string of the molecule is CCS(=O)(=O)c1cc2c(nc1-c1nc3cc(S(=O)(=O)C(F)(F)F)nnc3o1)CCO2. The van der Waals surface area contributed by atoms with Crippen molar-refractivity contribution in [2.45, 2.75) is 28.8 Å². The van der Waals surface area contributed by atoms with E-state index in [4.69, 9.17) is 9.15 Å². The van der Waals surface area contributed by atoms with E-state index in [9.17, 15) is 30.0 Å². The van der Waals surface area contributed by atoms with Gasteiger partial charge in [-0.3, -0.25) is 0 Å². The van der Waals surface area contributed by atoms with Crippen LogP contribution in [0.3, 0.4) is 0 Å². The number of fused-ring (bicyclic) bond motifs is 2. The molecule has 4 heterocycles. The van der Waals surface area contributed by atoms with Crippen molar-refractivity contribution >= 4 is 30.9 Å². The molecular formula is C15H11F3N4O6S2. The third-order valence-electron chi connectivity index (χ3n) is 4.25. The number of sulfone groups is 2. The number of aromatic nitrogens is 4. The fourth-order valence-electron chi connectivity index (χ4n) is 2.70. The Hall–Kier alpha value is -2.81. The maximum Gasteiger partial charge on any atom is 0.503 e. The lowest BCUT2D eigenvalue weighted by atomic mass is 10.2. The molecule has 0 saturated heterocycles. The van der Waals surface area contributed by atoms with Crippen LogP contribution in [0.1, 0.15) is 12.6 Å². The molecule has 4 rings (SSSR count). The number of pyridine rings is 1. The molecule has 0 amide bonds. The molecule has 30 heavy (non-hydrogen) atoms. The molecule has 0 radical (unpaired) electrons. The van der Waals surface area contributed by atoms with Crippen molar-refractivity contribution in [2.75, 3.05) is 12.4 Å². The highest BCUT2D eigenvalue weighted by Crippen LogP contribution is 2.35. The summed E-state index contributed by atoms with van der Waals surface area (Å²) < 4.78 is 97.0. The maximum absolute atomic E-state index is 12.8. The van der Waals surface area contributed by atoms with Gasteiger partial charge in [-0.2, -0.15) is 13.2 Å². The molecule has 1 aliphatic rings. The third kappa shape index (κ3) is 3.17. The monoisotopic (exact) mass is 464 g/mol. The molecule has 10 nitrogen and oxygen atoms in total. The van der Waals surface area contributed by atoms with E-state index in [1.807, 2.05) is 0 Å². The highest BCUT2D eigenvalue weighted by molar-refractivity contribution is 7.92. The summed E-state index contributed by atoms with van der Waals surface area (Å²) in [4.78, 5) is 7.90. The van der Waals surface area contributed by atoms with E-state index >= 15 is 0 Å². The minimum Gasteiger partial charge on any atom is -0.491 e. The number of rotatable bonds is 4. The van der Waals surface area contributed by atoms with Gasteiger partial charge in [0.25, 0.3) is 15.6 Å². The number of halogens is 3. The lowest BCUT2D eigenvalue weighted by Crippen LogP contribution is -2.24. The van der Waals surface area contributed by atoms with E-state index in [2.05, 4.69) is 20.2 Å². The minimum absolute atomic E-state index is 0.181. The summed E-state index contributed by atoms with van der Waals surface area (Å²) >= 11 is 0. The topological polar surface area (TPSA) is 142 Å². The van der Waals surface area contributed by atoms with Gasteiger partial charge in [-0.1, -0.05) is 6.92 Å². The zero-order valence-corrected chi connectivity index (χ0v) is 16.6. The fraction of sp³-hybridized carbons (Fsp3) is 0.333. The van der Waals surface area contributed by atoms with E-state index in [1.54, 1.807) is 0 Å². The molecule has 3 aromatic heterocycles. The van der Waals surface area contributed by atoms with Gasteiger partial charge in [-0.15, -0.1) is 10.2 Å². The standard InChI is InChI=1S/C15H11F3N4O6S2/c1-2-29(23,24)10-6-9-7(3-4-27-9)19-12(10)14-20-8-5-11(21-22-13(8)28-14)30(25,26)15(16,17)18/h5-6H,2-4H2,1H3. The first kappa shape index (κ1) is 20.5. The third-order valence-corrected chi connectivity index (χ3v) is 7.36. The van der Waals surface area contributed by atoms with Crippen LogP contribution in [-0.2, 0) is 26.1 Å². The van der Waals surface area contributed by atoms with Crippen molar-refractivity contribution < 1.29 is 39.2 Å². The predicted molar refractivity (Wildman–Crippen MR) is 93.0 cm³/mol. The zero-order valence-electron chi connectivity index (χ0n) is 15.0. The molecule has 3 aromatic rings. The van der Waals surface area contributed by atoms with Crippen LogP contribution in [0.4, 0.5) is 13.2 Å². The van der Waals surface area contributed by atoms with E-state index in [0.29, 0.717) is 30.5 Å². The quantitative estimate of drug-likeness (QED) is 0.560. The molecular weight excluding hydrogens is 453 g/mol. The Morgan fingerprint density at radius 2 is 1.83 bits per heavy atom. The Morgan fingerprint density at radius 3 is 2.50 bits per heavy atom. The lowest BCUT2D eigenvalue weighted by Gasteiger charge is -2.08. The molecule has 0 saturated carbocycles. The summed E-state index contributed by atoms with van der Waals surface area (Å²) in [7, 11) is -9.56. The predicted octanol–water partition coefficient (Wildman–Crippen LogP) is 1.70. The van der Waals surface area contributed by atoms with Gasteiger partial charge in [0.05, 0.1) is 18.1 Å². The highest BCUT2D eigenvalue weighted by atomic mass is 32.2. The maximum atomic E-state index is 12.8. The summed E-state index contributed by atoms with van der Waals surface area (Å²) in [6.45, 7) is 1.72. The first-order valence-corrected chi connectivity index (χ1v) is 11.4. The van der Waals surface area contributed by atoms with Crippen LogP contribution in [0.25, 0.3) is 22.8 Å². The second kappa shape index (κ2) is 6.60. The van der Waals surface area contributed by atoms with Gasteiger partial charge < -0.3 is 9.15 Å². The number of nitrogens with zero attached hydrogens (tertiary/aromatic N) is 4. The number of hydrogen-bond donors (Lipinski definition) is 0. The van der Waals surface area contributed by atoms with Crippen LogP contribution in [0, 0.1) is 0 Å². The summed E-state index contributed by atoms with van der Waals surface area (Å²) in [5, 5.41) is 5.02. The van der Waals surface area contributed by atoms with Crippen molar-refractivity contribution in [3.63, 3.8) is 0 Å². The van der Waals surface area contributed by atoms with E-state index in [-0.39, 0.29) is 33.5 Å². The smallest absolute Gasteiger partial charge is 0.491 e. The molecule has 0 atom stereocenters. The minimum atomic E-state index is -5.75. The second-order valence-electron chi connectivity index (χ2n) is 6.12. The van der Waals surface area contributed by atoms with Crippen molar-refractivity contribution in [2.24, 2.45) is 0 Å². The highest BCUT2D eigenvalue weighted by Gasteiger charge is 2.48. The molecule has 1 aliphatic heterocycles. The van der Waals surface area contributed by atoms with E-state index < -0.39 is 30.2 Å². The van der Waals surface area contributed by atoms with Crippen LogP contribution < -0.4 is 4.74 Å². The van der Waals surface area contributed by atoms with Crippen LogP contribution >= 0.6 is 0 Å². The van der Waals surface area contributed by atoms with Gasteiger partial charge in [0.1, 0.15) is 21.9 Å². The molecule has 0 unspecified atom stereocenters.